The first-order valence-corrected chi connectivity index (χ1v) is 4.37. The summed E-state index contributed by atoms with van der Waals surface area (Å²) < 4.78 is 0. The molecule has 0 aliphatic carbocycles. The van der Waals surface area contributed by atoms with Gasteiger partial charge in [0.25, 0.3) is 0 Å². The SMILES string of the molecule is C=C(C=O)CN(C(C)C)C(C)C. The van der Waals surface area contributed by atoms with E-state index < -0.39 is 0 Å². The highest BCUT2D eigenvalue weighted by Crippen LogP contribution is 2.06. The number of hydrogen-bond acceptors (Lipinski definition) is 2. The molecule has 0 spiro atoms. The van der Waals surface area contributed by atoms with Crippen LogP contribution in [0, 0.1) is 0 Å². The second-order valence-corrected chi connectivity index (χ2v) is 3.64. The highest BCUT2D eigenvalue weighted by atomic mass is 16.1. The maximum absolute atomic E-state index is 10.4. The molecule has 0 saturated carbocycles. The molecule has 0 aliphatic rings. The van der Waals surface area contributed by atoms with Gasteiger partial charge in [0.15, 0.2) is 0 Å². The van der Waals surface area contributed by atoms with Crippen LogP contribution < -0.4 is 0 Å². The van der Waals surface area contributed by atoms with E-state index >= 15 is 0 Å². The number of hydrogen-bond donors (Lipinski definition) is 0. The molecule has 0 bridgehead atoms. The lowest BCUT2D eigenvalue weighted by Gasteiger charge is -2.30. The summed E-state index contributed by atoms with van der Waals surface area (Å²) in [6.07, 6.45) is 0.831. The maximum Gasteiger partial charge on any atom is 0.146 e. The normalized spacial score (nSPS) is 11.2. The molecular weight excluding hydrogens is 150 g/mol. The summed E-state index contributed by atoms with van der Waals surface area (Å²) in [5, 5.41) is 0. The monoisotopic (exact) mass is 169 g/mol. The molecule has 2 heteroatoms. The van der Waals surface area contributed by atoms with Crippen molar-refractivity contribution in [2.45, 2.75) is 39.8 Å². The third-order valence-corrected chi connectivity index (χ3v) is 1.88. The number of carbonyl (C=O) groups is 1. The summed E-state index contributed by atoms with van der Waals surface area (Å²) in [6, 6.07) is 0.920. The van der Waals surface area contributed by atoms with Crippen molar-refractivity contribution >= 4 is 6.29 Å². The molecule has 2 nitrogen and oxygen atoms in total. The van der Waals surface area contributed by atoms with Crippen LogP contribution in [0.2, 0.25) is 0 Å². The van der Waals surface area contributed by atoms with Gasteiger partial charge in [-0.1, -0.05) is 6.58 Å². The minimum Gasteiger partial charge on any atom is -0.298 e. The van der Waals surface area contributed by atoms with Crippen molar-refractivity contribution in [2.24, 2.45) is 0 Å². The van der Waals surface area contributed by atoms with Crippen LogP contribution in [0.5, 0.6) is 0 Å². The second kappa shape index (κ2) is 5.09. The van der Waals surface area contributed by atoms with Gasteiger partial charge in [-0.15, -0.1) is 0 Å². The van der Waals surface area contributed by atoms with E-state index in [1.165, 1.54) is 0 Å². The van der Waals surface area contributed by atoms with Crippen molar-refractivity contribution in [1.82, 2.24) is 4.90 Å². The van der Waals surface area contributed by atoms with Crippen LogP contribution in [-0.2, 0) is 4.79 Å². The molecule has 0 aromatic rings. The van der Waals surface area contributed by atoms with Crippen LogP contribution in [-0.4, -0.2) is 29.8 Å². The molecule has 0 atom stereocenters. The van der Waals surface area contributed by atoms with Crippen molar-refractivity contribution in [1.29, 1.82) is 0 Å². The lowest BCUT2D eigenvalue weighted by molar-refractivity contribution is -0.105. The van der Waals surface area contributed by atoms with Gasteiger partial charge in [0.05, 0.1) is 0 Å². The number of carbonyl (C=O) groups excluding carboxylic acids is 1. The Morgan fingerprint density at radius 3 is 2.00 bits per heavy atom. The lowest BCUT2D eigenvalue weighted by atomic mass is 10.2. The van der Waals surface area contributed by atoms with Gasteiger partial charge in [0.2, 0.25) is 0 Å². The van der Waals surface area contributed by atoms with Gasteiger partial charge in [-0.05, 0) is 33.3 Å². The zero-order valence-corrected chi connectivity index (χ0v) is 8.50. The minimum absolute atomic E-state index is 0.460. The Bertz CT molecular complexity index is 153. The van der Waals surface area contributed by atoms with E-state index in [0.29, 0.717) is 24.2 Å². The topological polar surface area (TPSA) is 20.3 Å². The Kier molecular flexibility index (Phi) is 4.83. The molecule has 0 radical (unpaired) electrons. The average Bonchev–Trinajstić information content (AvgIpc) is 1.98. The van der Waals surface area contributed by atoms with E-state index in [1.54, 1.807) is 0 Å². The number of rotatable bonds is 5. The summed E-state index contributed by atoms with van der Waals surface area (Å²) >= 11 is 0. The third kappa shape index (κ3) is 3.67. The van der Waals surface area contributed by atoms with E-state index in [9.17, 15) is 4.79 Å². The fourth-order valence-electron chi connectivity index (χ4n) is 1.23. The van der Waals surface area contributed by atoms with Crippen molar-refractivity contribution in [3.8, 4) is 0 Å². The molecule has 0 saturated heterocycles. The molecule has 0 aromatic heterocycles. The number of aldehydes is 1. The largest absolute Gasteiger partial charge is 0.298 e. The zero-order valence-electron chi connectivity index (χ0n) is 8.50. The predicted octanol–water partition coefficient (Wildman–Crippen LogP) is 1.86. The van der Waals surface area contributed by atoms with Crippen molar-refractivity contribution in [2.75, 3.05) is 6.54 Å². The highest BCUT2D eigenvalue weighted by molar-refractivity contribution is 5.72. The number of nitrogens with zero attached hydrogens (tertiary/aromatic N) is 1. The molecule has 0 aromatic carbocycles. The smallest absolute Gasteiger partial charge is 0.146 e. The van der Waals surface area contributed by atoms with E-state index in [1.807, 2.05) is 0 Å². The molecule has 0 N–H and O–H groups in total. The lowest BCUT2D eigenvalue weighted by Crippen LogP contribution is -2.38. The van der Waals surface area contributed by atoms with E-state index in [4.69, 9.17) is 0 Å². The average molecular weight is 169 g/mol. The Labute approximate surface area is 75.3 Å². The minimum atomic E-state index is 0.460. The van der Waals surface area contributed by atoms with Gasteiger partial charge < -0.3 is 0 Å². The first-order chi connectivity index (χ1) is 5.49. The van der Waals surface area contributed by atoms with Crippen LogP contribution in [0.4, 0.5) is 0 Å². The predicted molar refractivity (Wildman–Crippen MR) is 52.2 cm³/mol. The summed E-state index contributed by atoms with van der Waals surface area (Å²) in [5.74, 6) is 0. The van der Waals surface area contributed by atoms with E-state index in [2.05, 4.69) is 39.2 Å². The van der Waals surface area contributed by atoms with Gasteiger partial charge in [0, 0.05) is 18.6 Å². The van der Waals surface area contributed by atoms with Crippen LogP contribution in [0.1, 0.15) is 27.7 Å². The van der Waals surface area contributed by atoms with Crippen molar-refractivity contribution in [3.05, 3.63) is 12.2 Å². The fourth-order valence-corrected chi connectivity index (χ4v) is 1.23. The highest BCUT2D eigenvalue weighted by Gasteiger charge is 2.13. The zero-order chi connectivity index (χ0) is 9.72. The Hall–Kier alpha value is -0.630. The first kappa shape index (κ1) is 11.4. The molecule has 70 valence electrons. The quantitative estimate of drug-likeness (QED) is 0.462. The second-order valence-electron chi connectivity index (χ2n) is 3.64. The molecule has 0 heterocycles. The molecule has 12 heavy (non-hydrogen) atoms. The van der Waals surface area contributed by atoms with Crippen LogP contribution in [0.3, 0.4) is 0 Å². The van der Waals surface area contributed by atoms with Crippen LogP contribution in [0.15, 0.2) is 12.2 Å². The molecule has 0 aliphatic heterocycles. The Balaban J connectivity index is 4.13. The van der Waals surface area contributed by atoms with E-state index in [0.717, 1.165) is 6.29 Å². The fraction of sp³-hybridized carbons (Fsp3) is 0.700. The van der Waals surface area contributed by atoms with Gasteiger partial charge in [-0.25, -0.2) is 0 Å². The maximum atomic E-state index is 10.4. The first-order valence-electron chi connectivity index (χ1n) is 4.37. The summed E-state index contributed by atoms with van der Waals surface area (Å²) in [7, 11) is 0. The summed E-state index contributed by atoms with van der Waals surface area (Å²) in [5.41, 5.74) is 0.650. The van der Waals surface area contributed by atoms with Crippen LogP contribution >= 0.6 is 0 Å². The Morgan fingerprint density at radius 1 is 1.33 bits per heavy atom. The Morgan fingerprint density at radius 2 is 1.75 bits per heavy atom. The third-order valence-electron chi connectivity index (χ3n) is 1.88. The van der Waals surface area contributed by atoms with Crippen molar-refractivity contribution < 1.29 is 4.79 Å². The summed E-state index contributed by atoms with van der Waals surface area (Å²) in [4.78, 5) is 12.6. The molecule has 0 unspecified atom stereocenters. The van der Waals surface area contributed by atoms with Gasteiger partial charge in [-0.3, -0.25) is 9.69 Å². The summed E-state index contributed by atoms with van der Waals surface area (Å²) in [6.45, 7) is 12.8. The van der Waals surface area contributed by atoms with Gasteiger partial charge in [-0.2, -0.15) is 0 Å². The van der Waals surface area contributed by atoms with Gasteiger partial charge >= 0.3 is 0 Å². The standard InChI is InChI=1S/C10H19NO/c1-8(2)11(9(3)4)6-10(5)7-12/h7-9H,5-6H2,1-4H3. The van der Waals surface area contributed by atoms with Crippen LogP contribution in [0.25, 0.3) is 0 Å². The molecule has 0 rings (SSSR count). The molecular formula is C10H19NO. The van der Waals surface area contributed by atoms with Crippen molar-refractivity contribution in [3.63, 3.8) is 0 Å². The molecule has 0 amide bonds. The van der Waals surface area contributed by atoms with Gasteiger partial charge in [0.1, 0.15) is 6.29 Å². The van der Waals surface area contributed by atoms with E-state index in [-0.39, 0.29) is 0 Å². The molecule has 0 fully saturated rings.